The Balaban J connectivity index is 2.36. The van der Waals surface area contributed by atoms with Crippen molar-refractivity contribution < 1.29 is 8.42 Å². The third-order valence-electron chi connectivity index (χ3n) is 1.76. The van der Waals surface area contributed by atoms with Crippen LogP contribution in [0.3, 0.4) is 0 Å². The maximum atomic E-state index is 11.0. The van der Waals surface area contributed by atoms with E-state index in [1.165, 1.54) is 7.05 Å². The first-order chi connectivity index (χ1) is 6.53. The van der Waals surface area contributed by atoms with Crippen LogP contribution in [0.25, 0.3) is 0 Å². The molecule has 0 aliphatic rings. The standard InChI is InChI=1S/C7H14N4O2S/c1-7-6-11(10-9-7)4-3-5-14(12,13)8-2/h6,8H,3-5H2,1-2H3. The molecule has 0 bridgehead atoms. The summed E-state index contributed by atoms with van der Waals surface area (Å²) in [6, 6.07) is 0. The zero-order valence-corrected chi connectivity index (χ0v) is 9.08. The predicted octanol–water partition coefficient (Wildman–Crippen LogP) is -0.474. The lowest BCUT2D eigenvalue weighted by atomic mass is 10.5. The van der Waals surface area contributed by atoms with Crippen molar-refractivity contribution in [1.29, 1.82) is 0 Å². The number of aryl methyl sites for hydroxylation is 2. The van der Waals surface area contributed by atoms with Gasteiger partial charge >= 0.3 is 0 Å². The van der Waals surface area contributed by atoms with E-state index in [1.807, 2.05) is 6.92 Å². The van der Waals surface area contributed by atoms with E-state index in [4.69, 9.17) is 0 Å². The van der Waals surface area contributed by atoms with Crippen LogP contribution in [0.4, 0.5) is 0 Å². The Hall–Kier alpha value is -0.950. The van der Waals surface area contributed by atoms with Gasteiger partial charge in [-0.3, -0.25) is 4.68 Å². The van der Waals surface area contributed by atoms with Crippen LogP contribution in [0.15, 0.2) is 6.20 Å². The quantitative estimate of drug-likeness (QED) is 0.724. The molecule has 0 radical (unpaired) electrons. The summed E-state index contributed by atoms with van der Waals surface area (Å²) in [6.45, 7) is 2.41. The molecule has 0 atom stereocenters. The smallest absolute Gasteiger partial charge is 0.211 e. The molecule has 0 amide bonds. The Morgan fingerprint density at radius 1 is 1.57 bits per heavy atom. The topological polar surface area (TPSA) is 76.9 Å². The van der Waals surface area contributed by atoms with Crippen molar-refractivity contribution >= 4 is 10.0 Å². The highest BCUT2D eigenvalue weighted by Gasteiger charge is 2.06. The van der Waals surface area contributed by atoms with Crippen LogP contribution >= 0.6 is 0 Å². The third-order valence-corrected chi connectivity index (χ3v) is 3.21. The molecule has 14 heavy (non-hydrogen) atoms. The van der Waals surface area contributed by atoms with Gasteiger partial charge in [-0.1, -0.05) is 5.21 Å². The van der Waals surface area contributed by atoms with Gasteiger partial charge in [-0.15, -0.1) is 5.10 Å². The molecule has 7 heteroatoms. The average molecular weight is 218 g/mol. The van der Waals surface area contributed by atoms with Gasteiger partial charge < -0.3 is 0 Å². The normalized spacial score (nSPS) is 11.9. The van der Waals surface area contributed by atoms with E-state index in [0.29, 0.717) is 13.0 Å². The molecule has 1 aromatic heterocycles. The molecule has 1 heterocycles. The number of rotatable bonds is 5. The Morgan fingerprint density at radius 3 is 2.79 bits per heavy atom. The molecule has 1 aromatic rings. The zero-order valence-electron chi connectivity index (χ0n) is 8.27. The molecule has 1 rings (SSSR count). The molecule has 0 aliphatic carbocycles. The van der Waals surface area contributed by atoms with Gasteiger partial charge in [0.25, 0.3) is 0 Å². The molecule has 1 N–H and O–H groups in total. The first-order valence-corrected chi connectivity index (χ1v) is 5.97. The Kier molecular flexibility index (Phi) is 3.59. The number of nitrogens with zero attached hydrogens (tertiary/aromatic N) is 3. The maximum absolute atomic E-state index is 11.0. The molecule has 6 nitrogen and oxygen atoms in total. The molecule has 0 unspecified atom stereocenters. The van der Waals surface area contributed by atoms with Crippen molar-refractivity contribution in [3.05, 3.63) is 11.9 Å². The van der Waals surface area contributed by atoms with Crippen LogP contribution in [-0.4, -0.2) is 36.2 Å². The highest BCUT2D eigenvalue weighted by molar-refractivity contribution is 7.89. The highest BCUT2D eigenvalue weighted by atomic mass is 32.2. The number of aromatic nitrogens is 3. The fraction of sp³-hybridized carbons (Fsp3) is 0.714. The fourth-order valence-corrected chi connectivity index (χ4v) is 1.74. The van der Waals surface area contributed by atoms with Crippen molar-refractivity contribution in [2.45, 2.75) is 19.9 Å². The van der Waals surface area contributed by atoms with Gasteiger partial charge in [0, 0.05) is 12.7 Å². The summed E-state index contributed by atoms with van der Waals surface area (Å²) < 4.78 is 26.0. The number of nitrogens with one attached hydrogen (secondary N) is 1. The highest BCUT2D eigenvalue weighted by Crippen LogP contribution is 1.94. The van der Waals surface area contributed by atoms with E-state index in [1.54, 1.807) is 10.9 Å². The lowest BCUT2D eigenvalue weighted by Gasteiger charge is -2.01. The fourth-order valence-electron chi connectivity index (χ4n) is 1.02. The average Bonchev–Trinajstić information content (AvgIpc) is 2.51. The van der Waals surface area contributed by atoms with E-state index >= 15 is 0 Å². The summed E-state index contributed by atoms with van der Waals surface area (Å²) in [5.41, 5.74) is 0.835. The Morgan fingerprint density at radius 2 is 2.29 bits per heavy atom. The molecular formula is C7H14N4O2S. The second-order valence-electron chi connectivity index (χ2n) is 3.00. The summed E-state index contributed by atoms with van der Waals surface area (Å²) in [6.07, 6.45) is 2.32. The van der Waals surface area contributed by atoms with Gasteiger partial charge in [0.15, 0.2) is 0 Å². The summed E-state index contributed by atoms with van der Waals surface area (Å²) in [4.78, 5) is 0. The predicted molar refractivity (Wildman–Crippen MR) is 52.2 cm³/mol. The summed E-state index contributed by atoms with van der Waals surface area (Å²) >= 11 is 0. The van der Waals surface area contributed by atoms with Crippen molar-refractivity contribution in [2.75, 3.05) is 12.8 Å². The van der Waals surface area contributed by atoms with E-state index in [0.717, 1.165) is 5.69 Å². The minimum absolute atomic E-state index is 0.113. The van der Waals surface area contributed by atoms with Crippen molar-refractivity contribution in [2.24, 2.45) is 0 Å². The van der Waals surface area contributed by atoms with Crippen molar-refractivity contribution in [1.82, 2.24) is 19.7 Å². The Labute approximate surface area is 83.4 Å². The Bertz CT molecular complexity index is 384. The molecule has 0 saturated carbocycles. The zero-order chi connectivity index (χ0) is 10.6. The van der Waals surface area contributed by atoms with Crippen LogP contribution in [0, 0.1) is 6.92 Å². The van der Waals surface area contributed by atoms with E-state index in [2.05, 4.69) is 15.0 Å². The number of hydrogen-bond donors (Lipinski definition) is 1. The first-order valence-electron chi connectivity index (χ1n) is 4.31. The van der Waals surface area contributed by atoms with Gasteiger partial charge in [-0.25, -0.2) is 13.1 Å². The van der Waals surface area contributed by atoms with Gasteiger partial charge in [-0.05, 0) is 20.4 Å². The van der Waals surface area contributed by atoms with Gasteiger partial charge in [-0.2, -0.15) is 0 Å². The summed E-state index contributed by atoms with van der Waals surface area (Å²) in [7, 11) is -1.68. The number of sulfonamides is 1. The minimum atomic E-state index is -3.09. The molecule has 0 spiro atoms. The summed E-state index contributed by atoms with van der Waals surface area (Å²) in [5, 5.41) is 7.61. The third kappa shape index (κ3) is 3.43. The molecule has 80 valence electrons. The van der Waals surface area contributed by atoms with Crippen molar-refractivity contribution in [3.63, 3.8) is 0 Å². The molecule has 0 saturated heterocycles. The largest absolute Gasteiger partial charge is 0.252 e. The van der Waals surface area contributed by atoms with Gasteiger partial charge in [0.1, 0.15) is 0 Å². The van der Waals surface area contributed by atoms with Gasteiger partial charge in [0.05, 0.1) is 11.4 Å². The van der Waals surface area contributed by atoms with Crippen LogP contribution in [0.5, 0.6) is 0 Å². The maximum Gasteiger partial charge on any atom is 0.211 e. The number of hydrogen-bond acceptors (Lipinski definition) is 4. The molecule has 0 aromatic carbocycles. The van der Waals surface area contributed by atoms with E-state index in [9.17, 15) is 8.42 Å². The van der Waals surface area contributed by atoms with Crippen molar-refractivity contribution in [3.8, 4) is 0 Å². The van der Waals surface area contributed by atoms with Crippen LogP contribution in [-0.2, 0) is 16.6 Å². The first kappa shape index (κ1) is 11.1. The van der Waals surface area contributed by atoms with Crippen LogP contribution in [0.1, 0.15) is 12.1 Å². The van der Waals surface area contributed by atoms with E-state index < -0.39 is 10.0 Å². The monoisotopic (exact) mass is 218 g/mol. The minimum Gasteiger partial charge on any atom is -0.252 e. The van der Waals surface area contributed by atoms with E-state index in [-0.39, 0.29) is 5.75 Å². The lowest BCUT2D eigenvalue weighted by molar-refractivity contribution is 0.557. The lowest BCUT2D eigenvalue weighted by Crippen LogP contribution is -2.22. The molecule has 0 aliphatic heterocycles. The molecular weight excluding hydrogens is 204 g/mol. The summed E-state index contributed by atoms with van der Waals surface area (Å²) in [5.74, 6) is 0.113. The van der Waals surface area contributed by atoms with Gasteiger partial charge in [0.2, 0.25) is 10.0 Å². The second kappa shape index (κ2) is 4.52. The SMILES string of the molecule is CNS(=O)(=O)CCCn1cc(C)nn1. The van der Waals surface area contributed by atoms with Crippen LogP contribution < -0.4 is 4.72 Å². The molecule has 0 fully saturated rings. The second-order valence-corrected chi connectivity index (χ2v) is 5.05. The van der Waals surface area contributed by atoms with Crippen LogP contribution in [0.2, 0.25) is 0 Å².